The van der Waals surface area contributed by atoms with Crippen molar-refractivity contribution in [2.75, 3.05) is 73.0 Å². The number of aliphatic carboxylic acids is 1. The van der Waals surface area contributed by atoms with Crippen LogP contribution in [0.5, 0.6) is 5.75 Å². The van der Waals surface area contributed by atoms with Gasteiger partial charge in [-0.3, -0.25) is 9.10 Å². The molecular weight excluding hydrogens is 602 g/mol. The van der Waals surface area contributed by atoms with E-state index in [4.69, 9.17) is 16.3 Å². The van der Waals surface area contributed by atoms with Crippen molar-refractivity contribution >= 4 is 63.1 Å². The molecule has 0 radical (unpaired) electrons. The molecule has 0 aliphatic carbocycles. The van der Waals surface area contributed by atoms with Crippen molar-refractivity contribution in [1.82, 2.24) is 14.9 Å². The van der Waals surface area contributed by atoms with Crippen LogP contribution >= 0.6 is 11.6 Å². The normalized spacial score (nSPS) is 17.2. The highest BCUT2D eigenvalue weighted by Crippen LogP contribution is 2.35. The summed E-state index contributed by atoms with van der Waals surface area (Å²) in [6.07, 6.45) is 6.85. The van der Waals surface area contributed by atoms with E-state index < -0.39 is 17.0 Å². The number of benzene rings is 2. The largest absolute Gasteiger partial charge is 0.494 e. The Balaban J connectivity index is 1.21. The second-order valence-corrected chi connectivity index (χ2v) is 13.1. The summed E-state index contributed by atoms with van der Waals surface area (Å²) in [5, 5.41) is 16.1. The first kappa shape index (κ1) is 31.8. The van der Waals surface area contributed by atoms with Gasteiger partial charge in [-0.1, -0.05) is 23.7 Å². The van der Waals surface area contributed by atoms with Crippen LogP contribution in [0.25, 0.3) is 0 Å². The Bertz CT molecular complexity index is 1480. The molecule has 1 aromatic heterocycles. The van der Waals surface area contributed by atoms with Crippen molar-refractivity contribution in [2.24, 2.45) is 11.8 Å². The lowest BCUT2D eigenvalue weighted by molar-refractivity contribution is -0.143. The molecule has 3 N–H and O–H groups in total. The number of carboxylic acid groups (broad SMARTS) is 1. The van der Waals surface area contributed by atoms with Crippen LogP contribution in [-0.2, 0) is 15.8 Å². The van der Waals surface area contributed by atoms with E-state index in [2.05, 4.69) is 36.5 Å². The number of likely N-dealkylation sites (tertiary alicyclic amines) is 1. The second-order valence-electron chi connectivity index (χ2n) is 11.3. The molecule has 2 aliphatic rings. The second kappa shape index (κ2) is 14.4. The average molecular weight is 642 g/mol. The Morgan fingerprint density at radius 3 is 2.50 bits per heavy atom. The lowest BCUT2D eigenvalue weighted by Crippen LogP contribution is -2.42. The minimum atomic E-state index is -1.20. The number of halogens is 1. The van der Waals surface area contributed by atoms with E-state index in [-0.39, 0.29) is 5.92 Å². The van der Waals surface area contributed by atoms with Gasteiger partial charge in [0.2, 0.25) is 5.95 Å². The highest BCUT2D eigenvalue weighted by atomic mass is 35.5. The molecule has 44 heavy (non-hydrogen) atoms. The van der Waals surface area contributed by atoms with E-state index >= 15 is 0 Å². The molecule has 11 nitrogen and oxygen atoms in total. The van der Waals surface area contributed by atoms with Crippen molar-refractivity contribution in [1.29, 1.82) is 0 Å². The third-order valence-corrected chi connectivity index (χ3v) is 9.74. The number of anilines is 6. The van der Waals surface area contributed by atoms with E-state index in [1.807, 2.05) is 36.4 Å². The highest BCUT2D eigenvalue weighted by Gasteiger charge is 2.27. The fraction of sp³-hybridized carbons (Fsp3) is 0.452. The van der Waals surface area contributed by atoms with Gasteiger partial charge in [-0.05, 0) is 69.0 Å². The summed E-state index contributed by atoms with van der Waals surface area (Å²) in [7, 11) is 2.21. The number of ether oxygens (including phenoxy) is 1. The van der Waals surface area contributed by atoms with Crippen molar-refractivity contribution in [3.63, 3.8) is 0 Å². The van der Waals surface area contributed by atoms with Crippen LogP contribution in [0.4, 0.5) is 34.5 Å². The molecule has 2 fully saturated rings. The number of nitrogens with one attached hydrogen (secondary N) is 2. The predicted octanol–water partition coefficient (Wildman–Crippen LogP) is 5.37. The van der Waals surface area contributed by atoms with E-state index in [1.54, 1.807) is 24.7 Å². The Labute approximate surface area is 266 Å². The van der Waals surface area contributed by atoms with Crippen LogP contribution in [0, 0.1) is 11.8 Å². The van der Waals surface area contributed by atoms with E-state index in [0.29, 0.717) is 34.1 Å². The molecule has 0 bridgehead atoms. The zero-order valence-corrected chi connectivity index (χ0v) is 26.9. The first-order valence-corrected chi connectivity index (χ1v) is 16.7. The van der Waals surface area contributed by atoms with Crippen LogP contribution in [0.15, 0.2) is 48.7 Å². The third kappa shape index (κ3) is 7.72. The molecule has 3 aromatic rings. The maximum absolute atomic E-state index is 12.1. The number of hydrogen-bond acceptors (Lipinski definition) is 9. The number of para-hydroxylation sites is 2. The molecule has 2 saturated heterocycles. The summed E-state index contributed by atoms with van der Waals surface area (Å²) in [6.45, 7) is 4.73. The Morgan fingerprint density at radius 2 is 1.82 bits per heavy atom. The number of rotatable bonds is 11. The molecule has 5 rings (SSSR count). The van der Waals surface area contributed by atoms with Crippen molar-refractivity contribution in [2.45, 2.75) is 25.7 Å². The van der Waals surface area contributed by atoms with E-state index in [0.717, 1.165) is 75.5 Å². The molecule has 1 unspecified atom stereocenters. The summed E-state index contributed by atoms with van der Waals surface area (Å²) in [4.78, 5) is 25.1. The van der Waals surface area contributed by atoms with Gasteiger partial charge in [0, 0.05) is 44.7 Å². The maximum atomic E-state index is 12.1. The van der Waals surface area contributed by atoms with Crippen molar-refractivity contribution in [3.05, 3.63) is 53.7 Å². The molecule has 2 aromatic carbocycles. The molecular formula is C31H40ClN7O4S. The van der Waals surface area contributed by atoms with E-state index in [9.17, 15) is 14.1 Å². The lowest BCUT2D eigenvalue weighted by Gasteiger charge is -2.38. The van der Waals surface area contributed by atoms with Gasteiger partial charge in [0.05, 0.1) is 36.3 Å². The van der Waals surface area contributed by atoms with Crippen LogP contribution < -0.4 is 24.6 Å². The van der Waals surface area contributed by atoms with Gasteiger partial charge in [0.15, 0.2) is 5.82 Å². The maximum Gasteiger partial charge on any atom is 0.306 e. The fourth-order valence-electron chi connectivity index (χ4n) is 5.84. The number of nitrogens with zero attached hydrogens (tertiary/aromatic N) is 5. The molecule has 13 heteroatoms. The minimum absolute atomic E-state index is 0.185. The number of carboxylic acids is 1. The summed E-state index contributed by atoms with van der Waals surface area (Å²) < 4.78 is 19.5. The number of carbonyl (C=O) groups is 1. The van der Waals surface area contributed by atoms with Gasteiger partial charge in [-0.25, -0.2) is 9.19 Å². The Morgan fingerprint density at radius 1 is 1.09 bits per heavy atom. The summed E-state index contributed by atoms with van der Waals surface area (Å²) >= 11 is 6.45. The Hall–Kier alpha value is -3.61. The first-order valence-electron chi connectivity index (χ1n) is 14.8. The zero-order chi connectivity index (χ0) is 31.2. The molecule has 1 atom stereocenters. The molecule has 3 heterocycles. The lowest BCUT2D eigenvalue weighted by atomic mass is 9.92. The van der Waals surface area contributed by atoms with Gasteiger partial charge in [0.25, 0.3) is 0 Å². The van der Waals surface area contributed by atoms with E-state index in [1.165, 1.54) is 6.20 Å². The molecule has 2 aliphatic heterocycles. The van der Waals surface area contributed by atoms with Gasteiger partial charge in [-0.15, -0.1) is 0 Å². The third-order valence-electron chi connectivity index (χ3n) is 8.49. The quantitative estimate of drug-likeness (QED) is 0.252. The summed E-state index contributed by atoms with van der Waals surface area (Å²) in [5.41, 5.74) is 3.29. The number of aromatic nitrogens is 2. The first-order chi connectivity index (χ1) is 21.2. The molecule has 0 spiro atoms. The monoisotopic (exact) mass is 641 g/mol. The SMILES string of the molecule is COc1cc(N2CCC(CN3CCC(C(=O)O)CC3)CC2)ccc1Nc1ncc(Cl)c(Nc2ccccc2N(C)S(C)=O)n1. The number of piperidine rings is 2. The van der Waals surface area contributed by atoms with Crippen LogP contribution in [0.2, 0.25) is 5.02 Å². The smallest absolute Gasteiger partial charge is 0.306 e. The number of methoxy groups -OCH3 is 1. The fourth-order valence-corrected chi connectivity index (χ4v) is 6.41. The number of hydrogen-bond donors (Lipinski definition) is 3. The average Bonchev–Trinajstić information content (AvgIpc) is 3.03. The molecule has 0 saturated carbocycles. The zero-order valence-electron chi connectivity index (χ0n) is 25.3. The van der Waals surface area contributed by atoms with Crippen LogP contribution in [0.1, 0.15) is 25.7 Å². The minimum Gasteiger partial charge on any atom is -0.494 e. The highest BCUT2D eigenvalue weighted by molar-refractivity contribution is 7.85. The standard InChI is InChI=1S/C31H40ClN7O4S/c1-37(44(3)42)27-7-5-4-6-25(27)34-29-24(32)19-33-31(36-29)35-26-9-8-23(18-28(26)43-2)39-16-10-21(11-17-39)20-38-14-12-22(13-15-38)30(40)41/h4-9,18-19,21-22H,10-17,20H2,1-3H3,(H,40,41)(H2,33,34,35,36). The van der Waals surface area contributed by atoms with Crippen LogP contribution in [-0.4, -0.2) is 83.3 Å². The van der Waals surface area contributed by atoms with Gasteiger partial charge in [0.1, 0.15) is 21.8 Å². The summed E-state index contributed by atoms with van der Waals surface area (Å²) in [6, 6.07) is 13.6. The summed E-state index contributed by atoms with van der Waals surface area (Å²) in [5.74, 6) is 1.22. The van der Waals surface area contributed by atoms with Crippen molar-refractivity contribution < 1.29 is 18.8 Å². The topological polar surface area (TPSA) is 123 Å². The van der Waals surface area contributed by atoms with Gasteiger partial charge >= 0.3 is 5.97 Å². The van der Waals surface area contributed by atoms with Crippen molar-refractivity contribution in [3.8, 4) is 5.75 Å². The molecule has 0 amide bonds. The van der Waals surface area contributed by atoms with Crippen LogP contribution in [0.3, 0.4) is 0 Å². The molecule has 236 valence electrons. The predicted molar refractivity (Wildman–Crippen MR) is 177 cm³/mol. The van der Waals surface area contributed by atoms with Gasteiger partial charge < -0.3 is 30.3 Å². The Kier molecular flexibility index (Phi) is 10.4. The van der Waals surface area contributed by atoms with Gasteiger partial charge in [-0.2, -0.15) is 4.98 Å².